The van der Waals surface area contributed by atoms with Crippen LogP contribution in [0.3, 0.4) is 0 Å². The lowest BCUT2D eigenvalue weighted by Crippen LogP contribution is -2.46. The van der Waals surface area contributed by atoms with Crippen molar-refractivity contribution in [2.24, 2.45) is 16.3 Å². The first-order valence-electron chi connectivity index (χ1n) is 7.07. The highest BCUT2D eigenvalue weighted by atomic mass is 32.2. The average molecular weight is 270 g/mol. The summed E-state index contributed by atoms with van der Waals surface area (Å²) in [6.07, 6.45) is 3.95. The molecule has 1 atom stereocenters. The van der Waals surface area contributed by atoms with Crippen LogP contribution in [0.25, 0.3) is 0 Å². The van der Waals surface area contributed by atoms with Crippen LogP contribution in [0, 0.1) is 11.3 Å². The molecule has 104 valence electrons. The number of nitrogens with one attached hydrogen (secondary N) is 1. The second kappa shape index (κ2) is 6.29. The topological polar surface area (TPSA) is 33.6 Å². The number of hydrogen-bond acceptors (Lipinski definition) is 3. The van der Waals surface area contributed by atoms with E-state index >= 15 is 0 Å². The normalized spacial score (nSPS) is 27.3. The molecule has 18 heavy (non-hydrogen) atoms. The minimum Gasteiger partial charge on any atom is -0.379 e. The van der Waals surface area contributed by atoms with Gasteiger partial charge in [0.05, 0.1) is 13.2 Å². The molecule has 2 aliphatic rings. The number of thioether (sulfide) groups is 1. The third-order valence-electron chi connectivity index (χ3n) is 3.53. The molecule has 1 saturated heterocycles. The smallest absolute Gasteiger partial charge is 0.156 e. The molecule has 0 aromatic carbocycles. The molecule has 0 aromatic heterocycles. The zero-order valence-corrected chi connectivity index (χ0v) is 12.7. The second-order valence-electron chi connectivity index (χ2n) is 6.41. The Kier molecular flexibility index (Phi) is 4.96. The van der Waals surface area contributed by atoms with Crippen LogP contribution in [0.2, 0.25) is 0 Å². The fourth-order valence-electron chi connectivity index (χ4n) is 2.02. The van der Waals surface area contributed by atoms with Crippen LogP contribution in [0.4, 0.5) is 0 Å². The van der Waals surface area contributed by atoms with Crippen molar-refractivity contribution in [2.75, 3.05) is 25.5 Å². The zero-order valence-electron chi connectivity index (χ0n) is 11.9. The zero-order chi connectivity index (χ0) is 13.0. The van der Waals surface area contributed by atoms with Gasteiger partial charge in [-0.2, -0.15) is 0 Å². The molecular weight excluding hydrogens is 244 g/mol. The highest BCUT2D eigenvalue weighted by molar-refractivity contribution is 8.13. The molecule has 0 radical (unpaired) electrons. The van der Waals surface area contributed by atoms with Crippen LogP contribution < -0.4 is 5.32 Å². The summed E-state index contributed by atoms with van der Waals surface area (Å²) in [7, 11) is 0. The van der Waals surface area contributed by atoms with Crippen LogP contribution in [0.15, 0.2) is 4.99 Å². The molecule has 1 saturated carbocycles. The van der Waals surface area contributed by atoms with Crippen LogP contribution in [0.5, 0.6) is 0 Å². The Bertz CT molecular complexity index is 295. The summed E-state index contributed by atoms with van der Waals surface area (Å²) in [5.74, 6) is 2.03. The minimum absolute atomic E-state index is 0.310. The largest absolute Gasteiger partial charge is 0.379 e. The van der Waals surface area contributed by atoms with Crippen LogP contribution >= 0.6 is 11.8 Å². The van der Waals surface area contributed by atoms with Gasteiger partial charge in [-0.1, -0.05) is 32.5 Å². The predicted octanol–water partition coefficient (Wildman–Crippen LogP) is 2.91. The number of nitrogens with zero attached hydrogens (tertiary/aromatic N) is 1. The molecular formula is C14H26N2OS. The summed E-state index contributed by atoms with van der Waals surface area (Å²) in [6, 6.07) is 0.546. The number of ether oxygens (including phenoxy) is 1. The van der Waals surface area contributed by atoms with Gasteiger partial charge in [-0.05, 0) is 30.6 Å². The molecule has 0 amide bonds. The molecule has 1 unspecified atom stereocenters. The SMILES string of the molecule is CC(C)(C)C1CCSC(=NCCOCC2CC2)N1. The molecule has 0 bridgehead atoms. The van der Waals surface area contributed by atoms with Gasteiger partial charge in [-0.25, -0.2) is 0 Å². The number of amidine groups is 1. The van der Waals surface area contributed by atoms with E-state index in [0.29, 0.717) is 11.5 Å². The van der Waals surface area contributed by atoms with E-state index in [-0.39, 0.29) is 0 Å². The van der Waals surface area contributed by atoms with Gasteiger partial charge in [-0.15, -0.1) is 0 Å². The molecule has 4 heteroatoms. The number of aliphatic imine (C=N–C) groups is 1. The van der Waals surface area contributed by atoms with Crippen LogP contribution in [0.1, 0.15) is 40.0 Å². The van der Waals surface area contributed by atoms with Crippen molar-refractivity contribution < 1.29 is 4.74 Å². The summed E-state index contributed by atoms with van der Waals surface area (Å²) in [5.41, 5.74) is 0.310. The fourth-order valence-corrected chi connectivity index (χ4v) is 2.98. The molecule has 0 aromatic rings. The average Bonchev–Trinajstić information content (AvgIpc) is 3.12. The summed E-state index contributed by atoms with van der Waals surface area (Å²) >= 11 is 1.84. The first-order valence-corrected chi connectivity index (χ1v) is 8.06. The van der Waals surface area contributed by atoms with Crippen molar-refractivity contribution in [3.63, 3.8) is 0 Å². The quantitative estimate of drug-likeness (QED) is 0.780. The van der Waals surface area contributed by atoms with E-state index < -0.39 is 0 Å². The molecule has 3 nitrogen and oxygen atoms in total. The standard InChI is InChI=1S/C14H26N2OS/c1-14(2,3)12-6-9-18-13(16-12)15-7-8-17-10-11-4-5-11/h11-12H,4-10H2,1-3H3,(H,15,16). The summed E-state index contributed by atoms with van der Waals surface area (Å²) in [5, 5.41) is 4.67. The van der Waals surface area contributed by atoms with Crippen molar-refractivity contribution in [1.82, 2.24) is 5.32 Å². The minimum atomic E-state index is 0.310. The van der Waals surface area contributed by atoms with E-state index in [1.54, 1.807) is 0 Å². The Labute approximate surface area is 115 Å². The van der Waals surface area contributed by atoms with Gasteiger partial charge < -0.3 is 10.1 Å². The van der Waals surface area contributed by atoms with Gasteiger partial charge >= 0.3 is 0 Å². The lowest BCUT2D eigenvalue weighted by molar-refractivity contribution is 0.132. The maximum absolute atomic E-state index is 5.60. The Morgan fingerprint density at radius 1 is 1.33 bits per heavy atom. The van der Waals surface area contributed by atoms with Gasteiger partial charge in [0.2, 0.25) is 0 Å². The van der Waals surface area contributed by atoms with Crippen LogP contribution in [-0.2, 0) is 4.74 Å². The van der Waals surface area contributed by atoms with Crippen molar-refractivity contribution in [3.8, 4) is 0 Å². The van der Waals surface area contributed by atoms with E-state index in [0.717, 1.165) is 30.8 Å². The van der Waals surface area contributed by atoms with Gasteiger partial charge in [0.25, 0.3) is 0 Å². The van der Waals surface area contributed by atoms with E-state index in [4.69, 9.17) is 4.74 Å². The fraction of sp³-hybridized carbons (Fsp3) is 0.929. The van der Waals surface area contributed by atoms with Gasteiger partial charge in [0.1, 0.15) is 0 Å². The first kappa shape index (κ1) is 14.2. The Hall–Kier alpha value is -0.220. The molecule has 2 rings (SSSR count). The molecule has 1 aliphatic carbocycles. The summed E-state index contributed by atoms with van der Waals surface area (Å²) in [6.45, 7) is 9.36. The van der Waals surface area contributed by atoms with E-state index in [2.05, 4.69) is 31.1 Å². The molecule has 0 spiro atoms. The summed E-state index contributed by atoms with van der Waals surface area (Å²) < 4.78 is 5.60. The maximum atomic E-state index is 5.60. The van der Waals surface area contributed by atoms with E-state index in [1.807, 2.05) is 11.8 Å². The Morgan fingerprint density at radius 2 is 2.11 bits per heavy atom. The summed E-state index contributed by atoms with van der Waals surface area (Å²) in [4.78, 5) is 4.61. The van der Waals surface area contributed by atoms with E-state index in [1.165, 1.54) is 25.0 Å². The van der Waals surface area contributed by atoms with Gasteiger partial charge in [0, 0.05) is 18.4 Å². The number of hydrogen-bond donors (Lipinski definition) is 1. The monoisotopic (exact) mass is 270 g/mol. The van der Waals surface area contributed by atoms with Gasteiger partial charge in [-0.3, -0.25) is 4.99 Å². The van der Waals surface area contributed by atoms with Crippen molar-refractivity contribution in [2.45, 2.75) is 46.1 Å². The molecule has 1 aliphatic heterocycles. The van der Waals surface area contributed by atoms with Crippen molar-refractivity contribution in [1.29, 1.82) is 0 Å². The third-order valence-corrected chi connectivity index (χ3v) is 4.49. The third kappa shape index (κ3) is 4.81. The second-order valence-corrected chi connectivity index (χ2v) is 7.49. The first-order chi connectivity index (χ1) is 8.55. The predicted molar refractivity (Wildman–Crippen MR) is 79.3 cm³/mol. The molecule has 2 fully saturated rings. The number of rotatable bonds is 5. The highest BCUT2D eigenvalue weighted by Gasteiger charge is 2.28. The Balaban J connectivity index is 1.66. The lowest BCUT2D eigenvalue weighted by Gasteiger charge is -2.35. The van der Waals surface area contributed by atoms with Crippen LogP contribution in [-0.4, -0.2) is 36.7 Å². The Morgan fingerprint density at radius 3 is 2.78 bits per heavy atom. The van der Waals surface area contributed by atoms with E-state index in [9.17, 15) is 0 Å². The maximum Gasteiger partial charge on any atom is 0.156 e. The molecule has 1 N–H and O–H groups in total. The van der Waals surface area contributed by atoms with Crippen molar-refractivity contribution >= 4 is 16.9 Å². The van der Waals surface area contributed by atoms with Crippen molar-refractivity contribution in [3.05, 3.63) is 0 Å². The molecule has 1 heterocycles. The highest BCUT2D eigenvalue weighted by Crippen LogP contribution is 2.29. The van der Waals surface area contributed by atoms with Gasteiger partial charge in [0.15, 0.2) is 5.17 Å². The lowest BCUT2D eigenvalue weighted by atomic mass is 9.85.